The number of quaternary nitrogens is 1. The highest BCUT2D eigenvalue weighted by Gasteiger charge is 2.43. The maximum absolute atomic E-state index is 15.4. The van der Waals surface area contributed by atoms with Crippen LogP contribution in [0.4, 0.5) is 33.3 Å². The van der Waals surface area contributed by atoms with Gasteiger partial charge in [0, 0.05) is 103 Å². The van der Waals surface area contributed by atoms with Crippen molar-refractivity contribution in [2.45, 2.75) is 19.0 Å². The molecule has 3 amide bonds. The summed E-state index contributed by atoms with van der Waals surface area (Å²) in [5, 5.41) is 18.9. The molecule has 320 valence electrons. The van der Waals surface area contributed by atoms with Gasteiger partial charge in [-0.3, -0.25) is 14.4 Å². The van der Waals surface area contributed by atoms with E-state index in [0.29, 0.717) is 42.0 Å². The lowest BCUT2D eigenvalue weighted by atomic mass is 9.90. The van der Waals surface area contributed by atoms with Crippen LogP contribution in [0.1, 0.15) is 39.5 Å². The molecule has 60 heavy (non-hydrogen) atoms. The third kappa shape index (κ3) is 8.70. The van der Waals surface area contributed by atoms with Crippen LogP contribution in [0.15, 0.2) is 48.8 Å². The molecule has 0 spiro atoms. The number of hydrogen-bond donors (Lipinski definition) is 3. The van der Waals surface area contributed by atoms with Crippen molar-refractivity contribution in [3.8, 4) is 16.9 Å². The van der Waals surface area contributed by atoms with Crippen molar-refractivity contribution >= 4 is 35.1 Å². The molecule has 0 unspecified atom stereocenters. The highest BCUT2D eigenvalue weighted by atomic mass is 19.4. The van der Waals surface area contributed by atoms with E-state index >= 15 is 4.39 Å². The summed E-state index contributed by atoms with van der Waals surface area (Å²) in [5.74, 6) is -4.20. The van der Waals surface area contributed by atoms with E-state index in [9.17, 15) is 41.8 Å². The summed E-state index contributed by atoms with van der Waals surface area (Å²) in [7, 11) is 4.68. The summed E-state index contributed by atoms with van der Waals surface area (Å²) >= 11 is 0. The number of carboxylic acid groups (broad SMARTS) is 1. The number of aliphatic carboxylic acids is 1. The molecule has 2 aromatic heterocycles. The lowest BCUT2D eigenvalue weighted by Gasteiger charge is -2.46. The molecule has 7 rings (SSSR count). The first-order valence-electron chi connectivity index (χ1n) is 19.6. The number of rotatable bonds is 11. The molecular weight excluding hydrogens is 795 g/mol. The number of anilines is 2. The van der Waals surface area contributed by atoms with Crippen LogP contribution in [-0.2, 0) is 22.8 Å². The highest BCUT2D eigenvalue weighted by molar-refractivity contribution is 6.03. The van der Waals surface area contributed by atoms with E-state index in [2.05, 4.69) is 20.7 Å². The van der Waals surface area contributed by atoms with Crippen molar-refractivity contribution in [3.63, 3.8) is 0 Å². The third-order valence-electron chi connectivity index (χ3n) is 11.7. The number of alkyl halides is 3. The molecule has 2 aromatic carbocycles. The molecule has 0 bridgehead atoms. The summed E-state index contributed by atoms with van der Waals surface area (Å²) < 4.78 is 75.3. The number of halogens is 5. The second kappa shape index (κ2) is 16.6. The molecule has 0 radical (unpaired) electrons. The van der Waals surface area contributed by atoms with Gasteiger partial charge in [-0.25, -0.2) is 23.2 Å². The zero-order chi connectivity index (χ0) is 43.1. The number of piperidine rings is 1. The molecule has 3 aliphatic rings. The van der Waals surface area contributed by atoms with Crippen LogP contribution >= 0.6 is 0 Å². The van der Waals surface area contributed by atoms with Gasteiger partial charge in [0.05, 0.1) is 42.7 Å². The fraction of sp³-hybridized carbons (Fsp3) is 0.450. The number of carboxylic acids is 1. The van der Waals surface area contributed by atoms with Gasteiger partial charge in [-0.2, -0.15) is 18.3 Å². The molecule has 3 N–H and O–H groups in total. The van der Waals surface area contributed by atoms with E-state index in [1.54, 1.807) is 23.9 Å². The molecule has 3 aliphatic heterocycles. The Balaban J connectivity index is 0.967. The number of nitrogens with one attached hydrogen (secondary N) is 2. The number of amides is 3. The molecule has 5 heterocycles. The van der Waals surface area contributed by atoms with Crippen LogP contribution in [0.2, 0.25) is 0 Å². The van der Waals surface area contributed by atoms with E-state index in [1.165, 1.54) is 36.2 Å². The lowest BCUT2D eigenvalue weighted by Crippen LogP contribution is -2.62. The molecular formula is C40H46F5N10O5+. The average molecular weight is 842 g/mol. The minimum Gasteiger partial charge on any atom is -0.477 e. The quantitative estimate of drug-likeness (QED) is 0.151. The Kier molecular flexibility index (Phi) is 11.7. The summed E-state index contributed by atoms with van der Waals surface area (Å²) in [5.41, 5.74) is -1.97. The Morgan fingerprint density at radius 2 is 1.65 bits per heavy atom. The van der Waals surface area contributed by atoms with E-state index in [1.807, 2.05) is 0 Å². The second-order valence-electron chi connectivity index (χ2n) is 16.0. The Hall–Kier alpha value is -5.89. The van der Waals surface area contributed by atoms with Gasteiger partial charge in [0.15, 0.2) is 23.9 Å². The van der Waals surface area contributed by atoms with Crippen LogP contribution in [0.25, 0.3) is 16.9 Å². The van der Waals surface area contributed by atoms with E-state index in [-0.39, 0.29) is 73.0 Å². The standard InChI is InChI=1S/C40H45F5N10O5/c1-50(2)27-5-7-32(31(42)17-27)54-21-29(35(49-54)40(43,44)45)33-20-47-36(51(33)3)37(58)48-26-4-6-28(30(41)16-26)39(60)53-12-10-52(11-13-53)38(59)25-8-14-55(15-9-25,23-34(56)57)22-24-18-46-19-24/h4-7,16-17,20-21,24-25,46H,8-15,18-19,22-23H2,1-3H3,(H-,48,56,57,58,60)/p+1. The first-order chi connectivity index (χ1) is 28.4. The largest absolute Gasteiger partial charge is 0.477 e. The predicted octanol–water partition coefficient (Wildman–Crippen LogP) is 3.70. The summed E-state index contributed by atoms with van der Waals surface area (Å²) in [4.78, 5) is 60.6. The monoisotopic (exact) mass is 841 g/mol. The van der Waals surface area contributed by atoms with E-state index < -0.39 is 46.9 Å². The van der Waals surface area contributed by atoms with Gasteiger partial charge in [0.25, 0.3) is 11.8 Å². The van der Waals surface area contributed by atoms with Gasteiger partial charge in [-0.15, -0.1) is 0 Å². The minimum atomic E-state index is -4.95. The second-order valence-corrected chi connectivity index (χ2v) is 16.0. The number of nitrogens with zero attached hydrogens (tertiary/aromatic N) is 8. The number of aromatic nitrogens is 4. The minimum absolute atomic E-state index is 0.0242. The SMILES string of the molecule is CN(C)c1ccc(-n2cc(-c3cnc(C(=O)Nc4ccc(C(=O)N5CCN(C(=O)C6CC[N+](CC(=O)O)(CC7CNC7)CC6)CC5)c(F)c4)n3C)c(C(F)(F)F)n2)c(F)c1. The molecule has 3 fully saturated rings. The van der Waals surface area contributed by atoms with Gasteiger partial charge in [0.2, 0.25) is 5.91 Å². The zero-order valence-corrected chi connectivity index (χ0v) is 33.3. The summed E-state index contributed by atoms with van der Waals surface area (Å²) in [6.07, 6.45) is -1.74. The first-order valence-corrected chi connectivity index (χ1v) is 19.6. The van der Waals surface area contributed by atoms with E-state index in [0.717, 1.165) is 53.4 Å². The van der Waals surface area contributed by atoms with Crippen LogP contribution in [0.5, 0.6) is 0 Å². The molecule has 15 nitrogen and oxygen atoms in total. The van der Waals surface area contributed by atoms with Gasteiger partial charge in [-0.05, 0) is 36.4 Å². The normalized spacial score (nSPS) is 19.8. The zero-order valence-electron chi connectivity index (χ0n) is 33.3. The van der Waals surface area contributed by atoms with Crippen LogP contribution in [0.3, 0.4) is 0 Å². The Morgan fingerprint density at radius 1 is 0.967 bits per heavy atom. The van der Waals surface area contributed by atoms with Crippen molar-refractivity contribution in [1.82, 2.24) is 34.4 Å². The highest BCUT2D eigenvalue weighted by Crippen LogP contribution is 2.37. The van der Waals surface area contributed by atoms with Crippen molar-refractivity contribution < 1.29 is 50.7 Å². The van der Waals surface area contributed by atoms with Gasteiger partial charge >= 0.3 is 12.1 Å². The van der Waals surface area contributed by atoms with Crippen molar-refractivity contribution in [1.29, 1.82) is 0 Å². The average Bonchev–Trinajstić information content (AvgIpc) is 3.80. The number of benzene rings is 2. The van der Waals surface area contributed by atoms with Crippen LogP contribution in [0, 0.1) is 23.5 Å². The fourth-order valence-electron chi connectivity index (χ4n) is 8.32. The maximum Gasteiger partial charge on any atom is 0.435 e. The third-order valence-corrected chi connectivity index (χ3v) is 11.7. The van der Waals surface area contributed by atoms with E-state index in [4.69, 9.17) is 0 Å². The molecule has 0 aliphatic carbocycles. The number of imidazole rings is 1. The fourth-order valence-corrected chi connectivity index (χ4v) is 8.32. The lowest BCUT2D eigenvalue weighted by molar-refractivity contribution is -0.929. The Morgan fingerprint density at radius 3 is 2.23 bits per heavy atom. The first kappa shape index (κ1) is 42.2. The van der Waals surface area contributed by atoms with Crippen molar-refractivity contribution in [3.05, 3.63) is 77.5 Å². The Labute approximate surface area is 341 Å². The molecule has 3 saturated heterocycles. The van der Waals surface area contributed by atoms with Crippen LogP contribution < -0.4 is 15.5 Å². The predicted molar refractivity (Wildman–Crippen MR) is 208 cm³/mol. The Bertz CT molecular complexity index is 2290. The molecule has 20 heteroatoms. The van der Waals surface area contributed by atoms with Crippen molar-refractivity contribution in [2.75, 3.05) is 89.8 Å². The summed E-state index contributed by atoms with van der Waals surface area (Å²) in [6, 6.07) is 7.47. The smallest absolute Gasteiger partial charge is 0.435 e. The topological polar surface area (TPSA) is 158 Å². The summed E-state index contributed by atoms with van der Waals surface area (Å²) in [6.45, 7) is 4.66. The number of carbonyl (C=O) groups is 4. The van der Waals surface area contributed by atoms with Gasteiger partial charge in [-0.1, -0.05) is 0 Å². The number of likely N-dealkylation sites (tertiary alicyclic amines) is 1. The van der Waals surface area contributed by atoms with Gasteiger partial charge in [0.1, 0.15) is 11.5 Å². The maximum atomic E-state index is 15.4. The van der Waals surface area contributed by atoms with Crippen LogP contribution in [-0.4, -0.2) is 142 Å². The number of hydrogen-bond acceptors (Lipinski definition) is 8. The van der Waals surface area contributed by atoms with Gasteiger partial charge < -0.3 is 39.5 Å². The van der Waals surface area contributed by atoms with Crippen molar-refractivity contribution in [2.24, 2.45) is 18.9 Å². The molecule has 0 saturated carbocycles. The molecule has 0 atom stereocenters. The number of piperazine rings is 1. The number of carbonyl (C=O) groups excluding carboxylic acids is 3. The molecule has 4 aromatic rings.